The van der Waals surface area contributed by atoms with E-state index in [1.165, 1.54) is 11.8 Å². The van der Waals surface area contributed by atoms with Crippen LogP contribution in [0.5, 0.6) is 0 Å². The molecule has 0 spiro atoms. The van der Waals surface area contributed by atoms with Gasteiger partial charge in [-0.05, 0) is 67.1 Å². The maximum atomic E-state index is 12.0. The lowest BCUT2D eigenvalue weighted by atomic mass is 10.1. The molecule has 1 amide bonds. The topological polar surface area (TPSA) is 54.6 Å². The Balaban J connectivity index is 1.76. The summed E-state index contributed by atoms with van der Waals surface area (Å²) in [5.41, 5.74) is 3.09. The number of aliphatic imine (C=N–C) groups is 1. The average molecular weight is 324 g/mol. The summed E-state index contributed by atoms with van der Waals surface area (Å²) >= 11 is 1.33. The minimum absolute atomic E-state index is 0.136. The molecule has 1 saturated heterocycles. The lowest BCUT2D eigenvalue weighted by molar-refractivity contribution is -0.115. The highest BCUT2D eigenvalue weighted by molar-refractivity contribution is 8.18. The summed E-state index contributed by atoms with van der Waals surface area (Å²) in [6.45, 7) is 4.03. The van der Waals surface area contributed by atoms with Crippen molar-refractivity contribution in [3.63, 3.8) is 0 Å². The van der Waals surface area contributed by atoms with Crippen LogP contribution in [0, 0.1) is 13.8 Å². The number of carbonyl (C=O) groups excluding carboxylic acids is 1. The molecule has 23 heavy (non-hydrogen) atoms. The first-order valence-electron chi connectivity index (χ1n) is 7.19. The van der Waals surface area contributed by atoms with Gasteiger partial charge in [-0.25, -0.2) is 4.99 Å². The first kappa shape index (κ1) is 15.4. The summed E-state index contributed by atoms with van der Waals surface area (Å²) in [6.07, 6.45) is 6.97. The third-order valence-electron chi connectivity index (χ3n) is 3.29. The van der Waals surface area contributed by atoms with Crippen molar-refractivity contribution in [3.05, 3.63) is 70.5 Å². The van der Waals surface area contributed by atoms with Crippen molar-refractivity contribution < 1.29 is 9.21 Å². The SMILES string of the molecule is Cc1ccc(C)c(N=C2NC(=O)/C(=C\C=C\c3ccco3)S2)c1. The number of thioether (sulfide) groups is 1. The third kappa shape index (κ3) is 3.81. The van der Waals surface area contributed by atoms with Crippen LogP contribution in [0.25, 0.3) is 6.08 Å². The van der Waals surface area contributed by atoms with E-state index in [0.29, 0.717) is 10.1 Å². The van der Waals surface area contributed by atoms with Gasteiger partial charge in [-0.3, -0.25) is 4.79 Å². The predicted octanol–water partition coefficient (Wildman–Crippen LogP) is 4.34. The Morgan fingerprint density at radius 2 is 2.13 bits per heavy atom. The van der Waals surface area contributed by atoms with Crippen molar-refractivity contribution in [2.75, 3.05) is 0 Å². The Morgan fingerprint density at radius 3 is 2.91 bits per heavy atom. The van der Waals surface area contributed by atoms with Gasteiger partial charge in [0, 0.05) is 0 Å². The van der Waals surface area contributed by atoms with Gasteiger partial charge in [-0.15, -0.1) is 0 Å². The van der Waals surface area contributed by atoms with Crippen molar-refractivity contribution in [1.82, 2.24) is 5.32 Å². The van der Waals surface area contributed by atoms with Gasteiger partial charge in [-0.2, -0.15) is 0 Å². The zero-order chi connectivity index (χ0) is 16.2. The molecule has 116 valence electrons. The van der Waals surface area contributed by atoms with Gasteiger partial charge in [0.25, 0.3) is 5.91 Å². The number of amidine groups is 1. The Kier molecular flexibility index (Phi) is 4.48. The summed E-state index contributed by atoms with van der Waals surface area (Å²) in [5.74, 6) is 0.609. The van der Waals surface area contributed by atoms with Crippen molar-refractivity contribution in [2.24, 2.45) is 4.99 Å². The highest BCUT2D eigenvalue weighted by Crippen LogP contribution is 2.28. The highest BCUT2D eigenvalue weighted by Gasteiger charge is 2.23. The Hall–Kier alpha value is -2.53. The summed E-state index contributed by atoms with van der Waals surface area (Å²) in [4.78, 5) is 17.1. The molecule has 2 aromatic rings. The van der Waals surface area contributed by atoms with Gasteiger partial charge in [-0.1, -0.05) is 18.2 Å². The van der Waals surface area contributed by atoms with Crippen molar-refractivity contribution in [2.45, 2.75) is 13.8 Å². The van der Waals surface area contributed by atoms with E-state index in [0.717, 1.165) is 22.6 Å². The van der Waals surface area contributed by atoms with E-state index in [4.69, 9.17) is 4.42 Å². The number of nitrogens with one attached hydrogen (secondary N) is 1. The number of hydrogen-bond acceptors (Lipinski definition) is 4. The van der Waals surface area contributed by atoms with Crippen LogP contribution < -0.4 is 5.32 Å². The van der Waals surface area contributed by atoms with Crippen LogP contribution >= 0.6 is 11.8 Å². The molecule has 1 aliphatic heterocycles. The minimum Gasteiger partial charge on any atom is -0.465 e. The fourth-order valence-electron chi connectivity index (χ4n) is 2.06. The molecule has 0 unspecified atom stereocenters. The van der Waals surface area contributed by atoms with Crippen LogP contribution in [0.3, 0.4) is 0 Å². The standard InChI is InChI=1S/C18H16N2O2S/c1-12-8-9-13(2)15(11-12)19-18-20-17(21)16(23-18)7-3-5-14-6-4-10-22-14/h3-11H,1-2H3,(H,19,20,21)/b5-3+,16-7+. The molecule has 1 aromatic carbocycles. The maximum absolute atomic E-state index is 12.0. The lowest BCUT2D eigenvalue weighted by Crippen LogP contribution is -2.19. The van der Waals surface area contributed by atoms with Crippen LogP contribution in [-0.4, -0.2) is 11.1 Å². The van der Waals surface area contributed by atoms with Crippen molar-refractivity contribution in [1.29, 1.82) is 0 Å². The van der Waals surface area contributed by atoms with Crippen molar-refractivity contribution >= 4 is 34.6 Å². The monoisotopic (exact) mass is 324 g/mol. The predicted molar refractivity (Wildman–Crippen MR) is 94.6 cm³/mol. The van der Waals surface area contributed by atoms with E-state index in [1.54, 1.807) is 24.5 Å². The van der Waals surface area contributed by atoms with E-state index in [2.05, 4.69) is 10.3 Å². The number of carbonyl (C=O) groups is 1. The van der Waals surface area contributed by atoms with E-state index in [1.807, 2.05) is 44.2 Å². The Bertz CT molecular complexity index is 818. The molecule has 1 fully saturated rings. The number of hydrogen-bond donors (Lipinski definition) is 1. The molecule has 2 heterocycles. The quantitative estimate of drug-likeness (QED) is 0.854. The molecule has 0 bridgehead atoms. The van der Waals surface area contributed by atoms with E-state index in [-0.39, 0.29) is 5.91 Å². The molecule has 5 heteroatoms. The first-order valence-corrected chi connectivity index (χ1v) is 8.00. The molecule has 0 atom stereocenters. The fourth-order valence-corrected chi connectivity index (χ4v) is 2.85. The smallest absolute Gasteiger partial charge is 0.264 e. The maximum Gasteiger partial charge on any atom is 0.264 e. The number of benzene rings is 1. The molecule has 1 aromatic heterocycles. The Morgan fingerprint density at radius 1 is 1.26 bits per heavy atom. The van der Waals surface area contributed by atoms with E-state index < -0.39 is 0 Å². The first-order chi connectivity index (χ1) is 11.1. The molecule has 4 nitrogen and oxygen atoms in total. The molecule has 0 aliphatic carbocycles. The fraction of sp³-hybridized carbons (Fsp3) is 0.111. The molecular formula is C18H16N2O2S. The van der Waals surface area contributed by atoms with Gasteiger partial charge in [0.2, 0.25) is 0 Å². The normalized spacial score (nSPS) is 18.3. The largest absolute Gasteiger partial charge is 0.465 e. The van der Waals surface area contributed by atoms with Gasteiger partial charge < -0.3 is 9.73 Å². The number of allylic oxidation sites excluding steroid dienone is 2. The minimum atomic E-state index is -0.136. The second-order valence-electron chi connectivity index (χ2n) is 5.17. The summed E-state index contributed by atoms with van der Waals surface area (Å²) < 4.78 is 5.20. The second-order valence-corrected chi connectivity index (χ2v) is 6.20. The highest BCUT2D eigenvalue weighted by atomic mass is 32.2. The molecule has 1 N–H and O–H groups in total. The summed E-state index contributed by atoms with van der Waals surface area (Å²) in [6, 6.07) is 9.75. The number of rotatable bonds is 3. The molecule has 1 aliphatic rings. The number of amides is 1. The number of aryl methyl sites for hydroxylation is 2. The van der Waals surface area contributed by atoms with Crippen molar-refractivity contribution in [3.8, 4) is 0 Å². The van der Waals surface area contributed by atoms with Crippen LogP contribution in [0.4, 0.5) is 5.69 Å². The molecule has 3 rings (SSSR count). The third-order valence-corrected chi connectivity index (χ3v) is 4.22. The lowest BCUT2D eigenvalue weighted by Gasteiger charge is -2.02. The zero-order valence-corrected chi connectivity index (χ0v) is 13.7. The summed E-state index contributed by atoms with van der Waals surface area (Å²) in [5, 5.41) is 3.39. The molecular weight excluding hydrogens is 308 g/mol. The zero-order valence-electron chi connectivity index (χ0n) is 12.9. The molecule has 0 radical (unpaired) electrons. The van der Waals surface area contributed by atoms with Crippen LogP contribution in [-0.2, 0) is 4.79 Å². The van der Waals surface area contributed by atoms with Gasteiger partial charge in [0.1, 0.15) is 5.76 Å². The van der Waals surface area contributed by atoms with E-state index >= 15 is 0 Å². The molecule has 0 saturated carbocycles. The van der Waals surface area contributed by atoms with Gasteiger partial charge in [0.15, 0.2) is 5.17 Å². The number of nitrogens with zero attached hydrogens (tertiary/aromatic N) is 1. The van der Waals surface area contributed by atoms with E-state index in [9.17, 15) is 4.79 Å². The van der Waals surface area contributed by atoms with Crippen LogP contribution in [0.1, 0.15) is 16.9 Å². The second kappa shape index (κ2) is 6.71. The Labute approximate surface area is 139 Å². The average Bonchev–Trinajstić information content (AvgIpc) is 3.14. The van der Waals surface area contributed by atoms with Gasteiger partial charge >= 0.3 is 0 Å². The van der Waals surface area contributed by atoms with Gasteiger partial charge in [0.05, 0.1) is 16.9 Å². The number of furan rings is 1. The van der Waals surface area contributed by atoms with Crippen LogP contribution in [0.2, 0.25) is 0 Å². The summed E-state index contributed by atoms with van der Waals surface area (Å²) in [7, 11) is 0. The van der Waals surface area contributed by atoms with Crippen LogP contribution in [0.15, 0.2) is 63.1 Å².